The molecule has 0 saturated heterocycles. The van der Waals surface area contributed by atoms with Crippen molar-refractivity contribution >= 4 is 24.2 Å². The third-order valence-electron chi connectivity index (χ3n) is 3.62. The van der Waals surface area contributed by atoms with Crippen LogP contribution in [0.15, 0.2) is 24.3 Å². The Bertz CT molecular complexity index is 614. The fourth-order valence-corrected chi connectivity index (χ4v) is 2.61. The van der Waals surface area contributed by atoms with Crippen LogP contribution in [0, 0.1) is 0 Å². The molecule has 0 aliphatic heterocycles. The van der Waals surface area contributed by atoms with Crippen molar-refractivity contribution in [3.05, 3.63) is 46.5 Å². The maximum Gasteiger partial charge on any atom is 0.488 e. The molecule has 2 rings (SSSR count). The van der Waals surface area contributed by atoms with Gasteiger partial charge in [-0.15, -0.1) is 0 Å². The Labute approximate surface area is 135 Å². The summed E-state index contributed by atoms with van der Waals surface area (Å²) in [5.74, 6) is 0.863. The number of hydrogen-bond donors (Lipinski definition) is 3. The Morgan fingerprint density at radius 3 is 2.45 bits per heavy atom. The van der Waals surface area contributed by atoms with Gasteiger partial charge in [-0.05, 0) is 17.4 Å². The standard InChI is InChI=1S/C15H20BClN2O3/c1-2-3-4-14-18-15(17)13(10-20)19(14)9-11-5-7-12(8-6-11)16(21)22/h5-8,20-22H,2-4,9-10H2,1H3. The van der Waals surface area contributed by atoms with Gasteiger partial charge in [-0.1, -0.05) is 49.2 Å². The molecule has 0 spiro atoms. The Morgan fingerprint density at radius 1 is 1.23 bits per heavy atom. The number of aryl methyl sites for hydroxylation is 1. The van der Waals surface area contributed by atoms with Gasteiger partial charge in [0.2, 0.25) is 0 Å². The quantitative estimate of drug-likeness (QED) is 0.667. The number of nitrogens with zero attached hydrogens (tertiary/aromatic N) is 2. The van der Waals surface area contributed by atoms with Gasteiger partial charge in [0.05, 0.1) is 12.3 Å². The molecule has 0 saturated carbocycles. The molecule has 5 nitrogen and oxygen atoms in total. The summed E-state index contributed by atoms with van der Waals surface area (Å²) in [5.41, 5.74) is 2.03. The highest BCUT2D eigenvalue weighted by atomic mass is 35.5. The average Bonchev–Trinajstić information content (AvgIpc) is 2.80. The van der Waals surface area contributed by atoms with E-state index in [-0.39, 0.29) is 6.61 Å². The Hall–Kier alpha value is -1.34. The molecule has 0 aliphatic rings. The van der Waals surface area contributed by atoms with E-state index in [0.29, 0.717) is 22.9 Å². The van der Waals surface area contributed by atoms with E-state index >= 15 is 0 Å². The van der Waals surface area contributed by atoms with E-state index in [0.717, 1.165) is 30.7 Å². The van der Waals surface area contributed by atoms with Gasteiger partial charge in [0, 0.05) is 13.0 Å². The van der Waals surface area contributed by atoms with Crippen LogP contribution in [0.4, 0.5) is 0 Å². The van der Waals surface area contributed by atoms with Gasteiger partial charge >= 0.3 is 7.12 Å². The smallest absolute Gasteiger partial charge is 0.423 e. The van der Waals surface area contributed by atoms with Crippen LogP contribution in [-0.4, -0.2) is 31.8 Å². The number of aromatic nitrogens is 2. The van der Waals surface area contributed by atoms with E-state index in [9.17, 15) is 5.11 Å². The van der Waals surface area contributed by atoms with Crippen LogP contribution >= 0.6 is 11.6 Å². The number of aliphatic hydroxyl groups excluding tert-OH is 1. The van der Waals surface area contributed by atoms with Crippen LogP contribution in [-0.2, 0) is 19.6 Å². The van der Waals surface area contributed by atoms with Crippen LogP contribution in [0.25, 0.3) is 0 Å². The summed E-state index contributed by atoms with van der Waals surface area (Å²) in [7, 11) is -1.47. The molecule has 0 aliphatic carbocycles. The largest absolute Gasteiger partial charge is 0.488 e. The topological polar surface area (TPSA) is 78.5 Å². The zero-order valence-corrected chi connectivity index (χ0v) is 13.3. The average molecular weight is 323 g/mol. The van der Waals surface area contributed by atoms with Gasteiger partial charge in [0.1, 0.15) is 5.82 Å². The van der Waals surface area contributed by atoms with Crippen LogP contribution in [0.5, 0.6) is 0 Å². The minimum Gasteiger partial charge on any atom is -0.423 e. The van der Waals surface area contributed by atoms with E-state index in [1.807, 2.05) is 16.7 Å². The highest BCUT2D eigenvalue weighted by Gasteiger charge is 2.16. The van der Waals surface area contributed by atoms with Gasteiger partial charge in [-0.2, -0.15) is 0 Å². The number of hydrogen-bond acceptors (Lipinski definition) is 4. The summed E-state index contributed by atoms with van der Waals surface area (Å²) in [6.45, 7) is 2.49. The molecular weight excluding hydrogens is 302 g/mol. The van der Waals surface area contributed by atoms with Gasteiger partial charge in [-0.25, -0.2) is 4.98 Å². The Morgan fingerprint density at radius 2 is 1.91 bits per heavy atom. The van der Waals surface area contributed by atoms with Crippen molar-refractivity contribution in [1.29, 1.82) is 0 Å². The third-order valence-corrected chi connectivity index (χ3v) is 3.93. The molecule has 0 atom stereocenters. The number of halogens is 1. The van der Waals surface area contributed by atoms with Crippen molar-refractivity contribution < 1.29 is 15.2 Å². The zero-order valence-electron chi connectivity index (χ0n) is 12.5. The molecule has 22 heavy (non-hydrogen) atoms. The van der Waals surface area contributed by atoms with Gasteiger partial charge in [0.15, 0.2) is 5.15 Å². The number of aliphatic hydroxyl groups is 1. The predicted octanol–water partition coefficient (Wildman–Crippen LogP) is 1.10. The first-order chi connectivity index (χ1) is 10.6. The van der Waals surface area contributed by atoms with Gasteiger partial charge in [0.25, 0.3) is 0 Å². The molecule has 0 amide bonds. The van der Waals surface area contributed by atoms with Crippen molar-refractivity contribution in [2.75, 3.05) is 0 Å². The lowest BCUT2D eigenvalue weighted by Gasteiger charge is -2.11. The number of benzene rings is 1. The second kappa shape index (κ2) is 7.79. The molecule has 2 aromatic rings. The highest BCUT2D eigenvalue weighted by molar-refractivity contribution is 6.58. The van der Waals surface area contributed by atoms with E-state index in [1.54, 1.807) is 12.1 Å². The second-order valence-electron chi connectivity index (χ2n) is 5.23. The molecule has 0 unspecified atom stereocenters. The molecule has 7 heteroatoms. The van der Waals surface area contributed by atoms with Crippen molar-refractivity contribution in [2.24, 2.45) is 0 Å². The van der Waals surface area contributed by atoms with E-state index in [2.05, 4.69) is 11.9 Å². The van der Waals surface area contributed by atoms with Crippen LogP contribution in [0.3, 0.4) is 0 Å². The second-order valence-corrected chi connectivity index (χ2v) is 5.59. The van der Waals surface area contributed by atoms with Crippen molar-refractivity contribution in [3.8, 4) is 0 Å². The molecule has 1 heterocycles. The van der Waals surface area contributed by atoms with Crippen molar-refractivity contribution in [3.63, 3.8) is 0 Å². The minimum absolute atomic E-state index is 0.161. The Balaban J connectivity index is 2.26. The molecule has 118 valence electrons. The SMILES string of the molecule is CCCCc1nc(Cl)c(CO)n1Cc1ccc(B(O)O)cc1. The number of rotatable bonds is 7. The summed E-state index contributed by atoms with van der Waals surface area (Å²) in [4.78, 5) is 4.35. The fourth-order valence-electron chi connectivity index (χ4n) is 2.35. The van der Waals surface area contributed by atoms with E-state index in [1.165, 1.54) is 0 Å². The molecule has 3 N–H and O–H groups in total. The monoisotopic (exact) mass is 322 g/mol. The predicted molar refractivity (Wildman–Crippen MR) is 87.1 cm³/mol. The maximum absolute atomic E-state index is 9.52. The van der Waals surface area contributed by atoms with Crippen molar-refractivity contribution in [1.82, 2.24) is 9.55 Å². The molecular formula is C15H20BClN2O3. The highest BCUT2D eigenvalue weighted by Crippen LogP contribution is 2.20. The van der Waals surface area contributed by atoms with Crippen LogP contribution in [0.2, 0.25) is 5.15 Å². The summed E-state index contributed by atoms with van der Waals surface area (Å²) < 4.78 is 1.93. The number of imidazole rings is 1. The van der Waals surface area contributed by atoms with Crippen LogP contribution in [0.1, 0.15) is 36.8 Å². The fraction of sp³-hybridized carbons (Fsp3) is 0.400. The summed E-state index contributed by atoms with van der Waals surface area (Å²) >= 11 is 6.10. The third kappa shape index (κ3) is 3.90. The van der Waals surface area contributed by atoms with E-state index in [4.69, 9.17) is 21.6 Å². The van der Waals surface area contributed by atoms with E-state index < -0.39 is 7.12 Å². The first-order valence-electron chi connectivity index (χ1n) is 7.36. The lowest BCUT2D eigenvalue weighted by molar-refractivity contribution is 0.271. The maximum atomic E-state index is 9.52. The Kier molecular flexibility index (Phi) is 6.02. The van der Waals surface area contributed by atoms with Gasteiger partial charge in [-0.3, -0.25) is 0 Å². The lowest BCUT2D eigenvalue weighted by atomic mass is 9.80. The number of unbranched alkanes of at least 4 members (excludes halogenated alkanes) is 1. The molecule has 0 fully saturated rings. The first kappa shape index (κ1) is 17.0. The molecule has 0 radical (unpaired) electrons. The molecule has 0 bridgehead atoms. The minimum atomic E-state index is -1.47. The summed E-state index contributed by atoms with van der Waals surface area (Å²) in [6, 6.07) is 6.99. The van der Waals surface area contributed by atoms with Crippen molar-refractivity contribution in [2.45, 2.75) is 39.3 Å². The summed E-state index contributed by atoms with van der Waals surface area (Å²) in [5, 5.41) is 28.1. The lowest BCUT2D eigenvalue weighted by Crippen LogP contribution is -2.29. The van der Waals surface area contributed by atoms with Gasteiger partial charge < -0.3 is 19.7 Å². The zero-order chi connectivity index (χ0) is 16.1. The first-order valence-corrected chi connectivity index (χ1v) is 7.74. The summed E-state index contributed by atoms with van der Waals surface area (Å²) in [6.07, 6.45) is 2.87. The molecule has 1 aromatic carbocycles. The van der Waals surface area contributed by atoms with Crippen LogP contribution < -0.4 is 5.46 Å². The normalized spacial score (nSPS) is 11.0. The molecule has 1 aromatic heterocycles.